The number of rotatable bonds is 5. The van der Waals surface area contributed by atoms with Gasteiger partial charge in [-0.1, -0.05) is 36.4 Å². The van der Waals surface area contributed by atoms with Gasteiger partial charge < -0.3 is 9.47 Å². The standard InChI is InChI=1S/C20H15F3O2/c1-24-16-8-6-14(7-9-16)13-2-4-15(5-3-13)18-11-10-17(12-19(18)21)25-20(22)23/h2-12,20H,1H3. The number of alkyl halides is 2. The van der Waals surface area contributed by atoms with Crippen molar-refractivity contribution in [1.29, 1.82) is 0 Å². The van der Waals surface area contributed by atoms with Crippen molar-refractivity contribution in [2.45, 2.75) is 6.61 Å². The van der Waals surface area contributed by atoms with Crippen molar-refractivity contribution in [1.82, 2.24) is 0 Å². The van der Waals surface area contributed by atoms with Crippen molar-refractivity contribution in [3.8, 4) is 33.8 Å². The molecule has 0 saturated carbocycles. The molecule has 0 bridgehead atoms. The molecular weight excluding hydrogens is 329 g/mol. The van der Waals surface area contributed by atoms with Gasteiger partial charge in [0.1, 0.15) is 17.3 Å². The highest BCUT2D eigenvalue weighted by molar-refractivity contribution is 5.71. The monoisotopic (exact) mass is 344 g/mol. The Labute approximate surface area is 143 Å². The van der Waals surface area contributed by atoms with Crippen LogP contribution in [0.25, 0.3) is 22.3 Å². The second kappa shape index (κ2) is 7.30. The third-order valence-corrected chi connectivity index (χ3v) is 3.78. The fourth-order valence-electron chi connectivity index (χ4n) is 2.53. The summed E-state index contributed by atoms with van der Waals surface area (Å²) in [6.45, 7) is -2.98. The van der Waals surface area contributed by atoms with Gasteiger partial charge in [0, 0.05) is 11.6 Å². The SMILES string of the molecule is COc1ccc(-c2ccc(-c3ccc(OC(F)F)cc3F)cc2)cc1. The first-order chi connectivity index (χ1) is 12.1. The summed E-state index contributed by atoms with van der Waals surface area (Å²) in [5.74, 6) is -0.0463. The summed E-state index contributed by atoms with van der Waals surface area (Å²) in [4.78, 5) is 0. The Morgan fingerprint density at radius 3 is 1.76 bits per heavy atom. The van der Waals surface area contributed by atoms with Crippen molar-refractivity contribution in [2.24, 2.45) is 0 Å². The lowest BCUT2D eigenvalue weighted by molar-refractivity contribution is -0.0499. The average Bonchev–Trinajstić information content (AvgIpc) is 2.62. The van der Waals surface area contributed by atoms with Crippen LogP contribution in [-0.2, 0) is 0 Å². The molecule has 0 saturated heterocycles. The second-order valence-corrected chi connectivity index (χ2v) is 5.33. The topological polar surface area (TPSA) is 18.5 Å². The van der Waals surface area contributed by atoms with Crippen molar-refractivity contribution in [3.05, 3.63) is 72.5 Å². The lowest BCUT2D eigenvalue weighted by atomic mass is 10.00. The van der Waals surface area contributed by atoms with Gasteiger partial charge in [-0.15, -0.1) is 0 Å². The molecule has 0 radical (unpaired) electrons. The van der Waals surface area contributed by atoms with Gasteiger partial charge in [-0.25, -0.2) is 4.39 Å². The Morgan fingerprint density at radius 2 is 1.24 bits per heavy atom. The minimum atomic E-state index is -2.98. The fraction of sp³-hybridized carbons (Fsp3) is 0.100. The maximum atomic E-state index is 14.2. The Morgan fingerprint density at radius 1 is 0.720 bits per heavy atom. The lowest BCUT2D eigenvalue weighted by Gasteiger charge is -2.09. The summed E-state index contributed by atoms with van der Waals surface area (Å²) < 4.78 is 47.8. The van der Waals surface area contributed by atoms with Crippen LogP contribution < -0.4 is 9.47 Å². The van der Waals surface area contributed by atoms with E-state index in [1.165, 1.54) is 12.1 Å². The summed E-state index contributed by atoms with van der Waals surface area (Å²) >= 11 is 0. The molecule has 0 atom stereocenters. The van der Waals surface area contributed by atoms with Crippen molar-refractivity contribution < 1.29 is 22.6 Å². The molecule has 0 fully saturated rings. The van der Waals surface area contributed by atoms with Crippen LogP contribution in [0.5, 0.6) is 11.5 Å². The summed E-state index contributed by atoms with van der Waals surface area (Å²) in [6.07, 6.45) is 0. The van der Waals surface area contributed by atoms with Crippen LogP contribution in [0, 0.1) is 5.82 Å². The number of hydrogen-bond acceptors (Lipinski definition) is 2. The average molecular weight is 344 g/mol. The normalized spacial score (nSPS) is 10.8. The van der Waals surface area contributed by atoms with Crippen molar-refractivity contribution >= 4 is 0 Å². The molecule has 128 valence electrons. The smallest absolute Gasteiger partial charge is 0.387 e. The first-order valence-electron chi connectivity index (χ1n) is 7.56. The third kappa shape index (κ3) is 3.94. The van der Waals surface area contributed by atoms with E-state index in [1.54, 1.807) is 19.2 Å². The molecule has 0 amide bonds. The number of halogens is 3. The van der Waals surface area contributed by atoms with Gasteiger partial charge in [0.25, 0.3) is 0 Å². The Balaban J connectivity index is 1.84. The van der Waals surface area contributed by atoms with E-state index in [4.69, 9.17) is 4.74 Å². The van der Waals surface area contributed by atoms with Crippen LogP contribution in [0.3, 0.4) is 0 Å². The summed E-state index contributed by atoms with van der Waals surface area (Å²) in [5.41, 5.74) is 2.96. The van der Waals surface area contributed by atoms with Crippen LogP contribution >= 0.6 is 0 Å². The third-order valence-electron chi connectivity index (χ3n) is 3.78. The van der Waals surface area contributed by atoms with Gasteiger partial charge in [0.05, 0.1) is 7.11 Å². The molecule has 0 aromatic heterocycles. The first kappa shape index (κ1) is 16.9. The van der Waals surface area contributed by atoms with Gasteiger partial charge in [-0.05, 0) is 41.0 Å². The molecule has 5 heteroatoms. The van der Waals surface area contributed by atoms with E-state index in [1.807, 2.05) is 36.4 Å². The molecule has 25 heavy (non-hydrogen) atoms. The number of benzene rings is 3. The van der Waals surface area contributed by atoms with Gasteiger partial charge in [-0.3, -0.25) is 0 Å². The van der Waals surface area contributed by atoms with E-state index < -0.39 is 12.4 Å². The van der Waals surface area contributed by atoms with E-state index >= 15 is 0 Å². The summed E-state index contributed by atoms with van der Waals surface area (Å²) in [7, 11) is 1.61. The lowest BCUT2D eigenvalue weighted by Crippen LogP contribution is -2.02. The highest BCUT2D eigenvalue weighted by Crippen LogP contribution is 2.29. The van der Waals surface area contributed by atoms with E-state index in [0.717, 1.165) is 22.9 Å². The van der Waals surface area contributed by atoms with E-state index in [0.29, 0.717) is 11.1 Å². The van der Waals surface area contributed by atoms with Crippen LogP contribution in [0.15, 0.2) is 66.7 Å². The molecule has 3 aromatic carbocycles. The predicted octanol–water partition coefficient (Wildman–Crippen LogP) is 5.77. The number of methoxy groups -OCH3 is 1. The molecule has 0 N–H and O–H groups in total. The van der Waals surface area contributed by atoms with Gasteiger partial charge in [-0.2, -0.15) is 8.78 Å². The van der Waals surface area contributed by atoms with Gasteiger partial charge in [0.15, 0.2) is 0 Å². The first-order valence-corrected chi connectivity index (χ1v) is 7.56. The predicted molar refractivity (Wildman–Crippen MR) is 90.5 cm³/mol. The zero-order chi connectivity index (χ0) is 17.8. The minimum absolute atomic E-state index is 0.203. The Kier molecular flexibility index (Phi) is 4.93. The molecule has 0 spiro atoms. The molecular formula is C20H15F3O2. The van der Waals surface area contributed by atoms with Crippen molar-refractivity contribution in [2.75, 3.05) is 7.11 Å². The summed E-state index contributed by atoms with van der Waals surface area (Å²) in [5, 5.41) is 0. The van der Waals surface area contributed by atoms with Crippen LogP contribution in [0.1, 0.15) is 0 Å². The Hall–Kier alpha value is -2.95. The zero-order valence-electron chi connectivity index (χ0n) is 13.4. The molecule has 3 rings (SSSR count). The molecule has 0 aliphatic carbocycles. The highest BCUT2D eigenvalue weighted by atomic mass is 19.3. The molecule has 3 aromatic rings. The largest absolute Gasteiger partial charge is 0.497 e. The summed E-state index contributed by atoms with van der Waals surface area (Å²) in [6, 6.07) is 18.6. The quantitative estimate of drug-likeness (QED) is 0.585. The van der Waals surface area contributed by atoms with E-state index in [9.17, 15) is 13.2 Å². The van der Waals surface area contributed by atoms with E-state index in [-0.39, 0.29) is 5.75 Å². The van der Waals surface area contributed by atoms with Crippen LogP contribution in [-0.4, -0.2) is 13.7 Å². The molecule has 0 heterocycles. The molecule has 2 nitrogen and oxygen atoms in total. The maximum absolute atomic E-state index is 14.2. The van der Waals surface area contributed by atoms with Crippen LogP contribution in [0.4, 0.5) is 13.2 Å². The van der Waals surface area contributed by atoms with E-state index in [2.05, 4.69) is 4.74 Å². The highest BCUT2D eigenvalue weighted by Gasteiger charge is 2.10. The fourth-order valence-corrected chi connectivity index (χ4v) is 2.53. The van der Waals surface area contributed by atoms with Crippen molar-refractivity contribution in [3.63, 3.8) is 0 Å². The number of ether oxygens (including phenoxy) is 2. The number of hydrogen-bond donors (Lipinski definition) is 0. The second-order valence-electron chi connectivity index (χ2n) is 5.33. The molecule has 0 unspecified atom stereocenters. The van der Waals surface area contributed by atoms with Gasteiger partial charge in [0.2, 0.25) is 0 Å². The molecule has 0 aliphatic heterocycles. The molecule has 0 aliphatic rings. The minimum Gasteiger partial charge on any atom is -0.497 e. The Bertz CT molecular complexity index is 844. The van der Waals surface area contributed by atoms with Crippen LogP contribution in [0.2, 0.25) is 0 Å². The maximum Gasteiger partial charge on any atom is 0.387 e. The van der Waals surface area contributed by atoms with Gasteiger partial charge >= 0.3 is 6.61 Å². The zero-order valence-corrected chi connectivity index (χ0v) is 13.4.